The van der Waals surface area contributed by atoms with Crippen molar-refractivity contribution in [2.24, 2.45) is 0 Å². The van der Waals surface area contributed by atoms with Gasteiger partial charge in [-0.3, -0.25) is 4.79 Å². The lowest BCUT2D eigenvalue weighted by Crippen LogP contribution is -2.14. The lowest BCUT2D eigenvalue weighted by atomic mass is 10.0. The van der Waals surface area contributed by atoms with Gasteiger partial charge in [0.1, 0.15) is 29.7 Å². The standard InChI is InChI=1S/C29H23BrN2O3/c1-19-7-13-28(34-2)26(15-19)32-29(33)22(17-31)16-25-24-6-4-3-5-21(24)10-14-27(25)35-18-20-8-11-23(30)12-9-20/h3-16H,18H2,1-2H3,(H,32,33)/b22-16+. The van der Waals surface area contributed by atoms with Gasteiger partial charge in [-0.15, -0.1) is 0 Å². The zero-order chi connectivity index (χ0) is 24.8. The Morgan fingerprint density at radius 2 is 1.77 bits per heavy atom. The summed E-state index contributed by atoms with van der Waals surface area (Å²) in [5.74, 6) is 0.577. The van der Waals surface area contributed by atoms with Crippen molar-refractivity contribution in [3.05, 3.63) is 106 Å². The van der Waals surface area contributed by atoms with Crippen molar-refractivity contribution in [2.75, 3.05) is 12.4 Å². The van der Waals surface area contributed by atoms with Crippen LogP contribution in [0.25, 0.3) is 16.8 Å². The smallest absolute Gasteiger partial charge is 0.266 e. The molecule has 174 valence electrons. The van der Waals surface area contributed by atoms with Crippen molar-refractivity contribution >= 4 is 44.4 Å². The minimum Gasteiger partial charge on any atom is -0.495 e. The summed E-state index contributed by atoms with van der Waals surface area (Å²) in [7, 11) is 1.53. The number of nitriles is 1. The van der Waals surface area contributed by atoms with E-state index in [0.717, 1.165) is 26.4 Å². The highest BCUT2D eigenvalue weighted by Gasteiger charge is 2.16. The van der Waals surface area contributed by atoms with Crippen LogP contribution in [-0.4, -0.2) is 13.0 Å². The van der Waals surface area contributed by atoms with Crippen LogP contribution >= 0.6 is 15.9 Å². The van der Waals surface area contributed by atoms with Gasteiger partial charge in [0.2, 0.25) is 0 Å². The van der Waals surface area contributed by atoms with Crippen LogP contribution in [0.1, 0.15) is 16.7 Å². The SMILES string of the molecule is COc1ccc(C)cc1NC(=O)/C(C#N)=C/c1c(OCc2ccc(Br)cc2)ccc2ccccc12. The molecule has 0 saturated heterocycles. The fourth-order valence-corrected chi connectivity index (χ4v) is 3.96. The van der Waals surface area contributed by atoms with Crippen molar-refractivity contribution < 1.29 is 14.3 Å². The molecular formula is C29H23BrN2O3. The Bertz CT molecular complexity index is 1450. The van der Waals surface area contributed by atoms with Crippen molar-refractivity contribution in [2.45, 2.75) is 13.5 Å². The zero-order valence-corrected chi connectivity index (χ0v) is 20.9. The Morgan fingerprint density at radius 3 is 2.51 bits per heavy atom. The fourth-order valence-electron chi connectivity index (χ4n) is 3.69. The maximum Gasteiger partial charge on any atom is 0.266 e. The average molecular weight is 527 g/mol. The van der Waals surface area contributed by atoms with E-state index < -0.39 is 5.91 Å². The number of nitrogens with one attached hydrogen (secondary N) is 1. The minimum atomic E-state index is -0.525. The third-order valence-electron chi connectivity index (χ3n) is 5.50. The maximum atomic E-state index is 13.1. The Hall–Kier alpha value is -4.08. The quantitative estimate of drug-likeness (QED) is 0.207. The molecule has 0 saturated carbocycles. The number of hydrogen-bond acceptors (Lipinski definition) is 4. The molecule has 0 radical (unpaired) electrons. The Morgan fingerprint density at radius 1 is 1.03 bits per heavy atom. The average Bonchev–Trinajstić information content (AvgIpc) is 2.87. The van der Waals surface area contributed by atoms with Crippen LogP contribution in [-0.2, 0) is 11.4 Å². The molecule has 0 bridgehead atoms. The molecular weight excluding hydrogens is 504 g/mol. The van der Waals surface area contributed by atoms with Gasteiger partial charge in [-0.1, -0.05) is 64.5 Å². The van der Waals surface area contributed by atoms with Crippen LogP contribution in [0.3, 0.4) is 0 Å². The number of rotatable bonds is 7. The molecule has 0 spiro atoms. The van der Waals surface area contributed by atoms with Gasteiger partial charge in [-0.2, -0.15) is 5.26 Å². The summed E-state index contributed by atoms with van der Waals surface area (Å²) >= 11 is 3.44. The molecule has 1 amide bonds. The molecule has 0 aliphatic heterocycles. The number of nitrogens with zero attached hydrogens (tertiary/aromatic N) is 1. The third kappa shape index (κ3) is 5.71. The number of anilines is 1. The summed E-state index contributed by atoms with van der Waals surface area (Å²) < 4.78 is 12.5. The number of methoxy groups -OCH3 is 1. The van der Waals surface area contributed by atoms with Crippen LogP contribution in [0.2, 0.25) is 0 Å². The van der Waals surface area contributed by atoms with Crippen molar-refractivity contribution in [1.82, 2.24) is 0 Å². The van der Waals surface area contributed by atoms with E-state index in [1.54, 1.807) is 18.2 Å². The molecule has 0 atom stereocenters. The highest BCUT2D eigenvalue weighted by molar-refractivity contribution is 9.10. The Balaban J connectivity index is 1.70. The van der Waals surface area contributed by atoms with E-state index >= 15 is 0 Å². The van der Waals surface area contributed by atoms with Crippen molar-refractivity contribution in [1.29, 1.82) is 5.26 Å². The van der Waals surface area contributed by atoms with E-state index in [1.807, 2.05) is 79.7 Å². The molecule has 0 unspecified atom stereocenters. The number of hydrogen-bond donors (Lipinski definition) is 1. The second kappa shape index (κ2) is 10.9. The number of halogens is 1. The second-order valence-electron chi connectivity index (χ2n) is 7.94. The van der Waals surface area contributed by atoms with Gasteiger partial charge in [-0.05, 0) is 65.2 Å². The van der Waals surface area contributed by atoms with Gasteiger partial charge in [0.25, 0.3) is 5.91 Å². The van der Waals surface area contributed by atoms with Crippen LogP contribution in [0.5, 0.6) is 11.5 Å². The predicted octanol–water partition coefficient (Wildman–Crippen LogP) is 7.04. The number of aryl methyl sites for hydroxylation is 1. The number of amides is 1. The second-order valence-corrected chi connectivity index (χ2v) is 8.86. The number of fused-ring (bicyclic) bond motifs is 1. The first kappa shape index (κ1) is 24.1. The lowest BCUT2D eigenvalue weighted by Gasteiger charge is -2.14. The monoisotopic (exact) mass is 526 g/mol. The van der Waals surface area contributed by atoms with Crippen LogP contribution in [0.15, 0.2) is 88.9 Å². The fraction of sp³-hybridized carbons (Fsp3) is 0.103. The highest BCUT2D eigenvalue weighted by Crippen LogP contribution is 2.32. The van der Waals surface area contributed by atoms with Gasteiger partial charge >= 0.3 is 0 Å². The van der Waals surface area contributed by atoms with Crippen LogP contribution in [0, 0.1) is 18.3 Å². The summed E-state index contributed by atoms with van der Waals surface area (Å²) in [6.45, 7) is 2.27. The minimum absolute atomic E-state index is 0.0431. The van der Waals surface area contributed by atoms with Crippen LogP contribution in [0.4, 0.5) is 5.69 Å². The van der Waals surface area contributed by atoms with Gasteiger partial charge in [0.15, 0.2) is 0 Å². The van der Waals surface area contributed by atoms with E-state index in [-0.39, 0.29) is 5.57 Å². The van der Waals surface area contributed by atoms with Crippen molar-refractivity contribution in [3.63, 3.8) is 0 Å². The van der Waals surface area contributed by atoms with Crippen LogP contribution < -0.4 is 14.8 Å². The number of carbonyl (C=O) groups is 1. The molecule has 6 heteroatoms. The van der Waals surface area contributed by atoms with E-state index in [2.05, 4.69) is 21.2 Å². The third-order valence-corrected chi connectivity index (χ3v) is 6.02. The molecule has 0 aliphatic rings. The summed E-state index contributed by atoms with van der Waals surface area (Å²) in [6, 6.07) is 27.0. The molecule has 4 aromatic carbocycles. The largest absolute Gasteiger partial charge is 0.495 e. The first-order chi connectivity index (χ1) is 17.0. The molecule has 35 heavy (non-hydrogen) atoms. The summed E-state index contributed by atoms with van der Waals surface area (Å²) in [5.41, 5.74) is 3.09. The molecule has 4 aromatic rings. The normalized spacial score (nSPS) is 11.1. The lowest BCUT2D eigenvalue weighted by molar-refractivity contribution is -0.112. The Labute approximate surface area is 212 Å². The predicted molar refractivity (Wildman–Crippen MR) is 142 cm³/mol. The molecule has 0 aromatic heterocycles. The molecule has 5 nitrogen and oxygen atoms in total. The zero-order valence-electron chi connectivity index (χ0n) is 19.3. The first-order valence-electron chi connectivity index (χ1n) is 11.0. The maximum absolute atomic E-state index is 13.1. The van der Waals surface area contributed by atoms with Gasteiger partial charge < -0.3 is 14.8 Å². The summed E-state index contributed by atoms with van der Waals surface area (Å²) in [6.07, 6.45) is 1.58. The molecule has 1 N–H and O–H groups in total. The number of ether oxygens (including phenoxy) is 2. The number of carbonyl (C=O) groups excluding carboxylic acids is 1. The highest BCUT2D eigenvalue weighted by atomic mass is 79.9. The van der Waals surface area contributed by atoms with E-state index in [1.165, 1.54) is 7.11 Å². The summed E-state index contributed by atoms with van der Waals surface area (Å²) in [5, 5.41) is 14.5. The van der Waals surface area contributed by atoms with E-state index in [4.69, 9.17) is 9.47 Å². The van der Waals surface area contributed by atoms with Gasteiger partial charge in [0, 0.05) is 10.0 Å². The molecule has 0 heterocycles. The topological polar surface area (TPSA) is 71.3 Å². The first-order valence-corrected chi connectivity index (χ1v) is 11.7. The molecule has 0 aliphatic carbocycles. The molecule has 0 fully saturated rings. The summed E-state index contributed by atoms with van der Waals surface area (Å²) in [4.78, 5) is 13.1. The van der Waals surface area contributed by atoms with Crippen molar-refractivity contribution in [3.8, 4) is 17.6 Å². The van der Waals surface area contributed by atoms with Gasteiger partial charge in [0.05, 0.1) is 12.8 Å². The molecule has 4 rings (SSSR count). The number of benzene rings is 4. The van der Waals surface area contributed by atoms with E-state index in [0.29, 0.717) is 29.4 Å². The van der Waals surface area contributed by atoms with E-state index in [9.17, 15) is 10.1 Å². The Kier molecular flexibility index (Phi) is 7.49. The van der Waals surface area contributed by atoms with Gasteiger partial charge in [-0.25, -0.2) is 0 Å².